The van der Waals surface area contributed by atoms with Gasteiger partial charge in [0.15, 0.2) is 0 Å². The summed E-state index contributed by atoms with van der Waals surface area (Å²) in [5, 5.41) is 1.19. The van der Waals surface area contributed by atoms with Gasteiger partial charge in [0.05, 0.1) is 5.75 Å². The van der Waals surface area contributed by atoms with Crippen LogP contribution in [0, 0.1) is 0 Å². The number of carbonyl (C=O) groups is 1. The number of aromatic nitrogens is 1. The number of nitrogens with one attached hydrogen (secondary N) is 1. The second-order valence-corrected chi connectivity index (χ2v) is 10.1. The molecule has 1 atom stereocenters. The van der Waals surface area contributed by atoms with Gasteiger partial charge >= 0.3 is 0 Å². The molecule has 1 aliphatic rings. The lowest BCUT2D eigenvalue weighted by molar-refractivity contribution is -0.117. The molecule has 3 rings (SSSR count). The molecule has 1 aromatic heterocycles. The molecule has 1 aromatic carbocycles. The Bertz CT molecular complexity index is 901. The van der Waals surface area contributed by atoms with Gasteiger partial charge < -0.3 is 4.98 Å². The average molecular weight is 391 g/mol. The zero-order chi connectivity index (χ0) is 19.4. The predicted octanol–water partition coefficient (Wildman–Crippen LogP) is 3.13. The van der Waals surface area contributed by atoms with Crippen molar-refractivity contribution in [1.29, 1.82) is 0 Å². The van der Waals surface area contributed by atoms with Gasteiger partial charge in [-0.15, -0.1) is 0 Å². The Balaban J connectivity index is 1.73. The number of sulfone groups is 1. The van der Waals surface area contributed by atoms with Crippen molar-refractivity contribution in [2.24, 2.45) is 0 Å². The third-order valence-electron chi connectivity index (χ3n) is 5.68. The fraction of sp³-hybridized carbons (Fsp3) is 0.571. The Kier molecular flexibility index (Phi) is 6.37. The van der Waals surface area contributed by atoms with Crippen LogP contribution >= 0.6 is 0 Å². The maximum atomic E-state index is 11.8. The van der Waals surface area contributed by atoms with E-state index in [1.54, 1.807) is 13.8 Å². The predicted molar refractivity (Wildman–Crippen MR) is 110 cm³/mol. The van der Waals surface area contributed by atoms with Crippen molar-refractivity contribution >= 4 is 26.5 Å². The Morgan fingerprint density at radius 3 is 2.89 bits per heavy atom. The molecule has 0 radical (unpaired) electrons. The maximum absolute atomic E-state index is 11.8. The molecule has 0 bridgehead atoms. The van der Waals surface area contributed by atoms with Gasteiger partial charge in [0, 0.05) is 41.9 Å². The van der Waals surface area contributed by atoms with E-state index in [4.69, 9.17) is 0 Å². The van der Waals surface area contributed by atoms with Crippen LogP contribution in [-0.4, -0.2) is 54.7 Å². The van der Waals surface area contributed by atoms with Gasteiger partial charge in [-0.1, -0.05) is 13.0 Å². The van der Waals surface area contributed by atoms with Gasteiger partial charge in [0.25, 0.3) is 0 Å². The van der Waals surface area contributed by atoms with Crippen LogP contribution in [0.25, 0.3) is 10.9 Å². The molecular formula is C21H30N2O3S. The first-order valence-electron chi connectivity index (χ1n) is 9.91. The van der Waals surface area contributed by atoms with Crippen LogP contribution in [0.5, 0.6) is 0 Å². The Morgan fingerprint density at radius 2 is 2.15 bits per heavy atom. The summed E-state index contributed by atoms with van der Waals surface area (Å²) >= 11 is 0. The molecule has 0 aliphatic carbocycles. The number of nitrogens with zero attached hydrogens (tertiary/aromatic N) is 1. The number of fused-ring (bicyclic) bond motifs is 1. The highest BCUT2D eigenvalue weighted by atomic mass is 32.2. The summed E-state index contributed by atoms with van der Waals surface area (Å²) < 4.78 is 23.6. The second kappa shape index (κ2) is 8.57. The molecule has 5 nitrogen and oxygen atoms in total. The lowest BCUT2D eigenvalue weighted by Gasteiger charge is -2.23. The van der Waals surface area contributed by atoms with E-state index < -0.39 is 9.84 Å². The summed E-state index contributed by atoms with van der Waals surface area (Å²) in [6, 6.07) is 6.69. The van der Waals surface area contributed by atoms with Crippen molar-refractivity contribution in [3.05, 3.63) is 35.5 Å². The highest BCUT2D eigenvalue weighted by Crippen LogP contribution is 2.26. The molecule has 1 fully saturated rings. The molecule has 6 heteroatoms. The van der Waals surface area contributed by atoms with Gasteiger partial charge in [-0.25, -0.2) is 8.42 Å². The Morgan fingerprint density at radius 1 is 1.33 bits per heavy atom. The van der Waals surface area contributed by atoms with E-state index in [-0.39, 0.29) is 17.3 Å². The summed E-state index contributed by atoms with van der Waals surface area (Å²) in [5.74, 6) is 0.651. The number of carbonyl (C=O) groups excluding carboxylic acids is 1. The molecule has 2 aromatic rings. The molecule has 0 amide bonds. The molecule has 1 unspecified atom stereocenters. The molecule has 2 heterocycles. The van der Waals surface area contributed by atoms with Crippen molar-refractivity contribution in [1.82, 2.24) is 9.88 Å². The van der Waals surface area contributed by atoms with Gasteiger partial charge in [-0.3, -0.25) is 9.69 Å². The van der Waals surface area contributed by atoms with E-state index in [2.05, 4.69) is 28.2 Å². The minimum absolute atomic E-state index is 0.197. The van der Waals surface area contributed by atoms with Gasteiger partial charge in [-0.05, 0) is 62.4 Å². The van der Waals surface area contributed by atoms with Crippen LogP contribution in [0.1, 0.15) is 44.2 Å². The highest BCUT2D eigenvalue weighted by molar-refractivity contribution is 7.91. The normalized spacial score (nSPS) is 18.4. The summed E-state index contributed by atoms with van der Waals surface area (Å²) in [6.07, 6.45) is 6.59. The minimum Gasteiger partial charge on any atom is -0.361 e. The number of H-pyrrole nitrogens is 1. The molecule has 148 valence electrons. The topological polar surface area (TPSA) is 70.2 Å². The summed E-state index contributed by atoms with van der Waals surface area (Å²) in [7, 11) is -2.95. The third kappa shape index (κ3) is 5.20. The number of benzene rings is 1. The molecule has 1 N–H and O–H groups in total. The summed E-state index contributed by atoms with van der Waals surface area (Å²) in [4.78, 5) is 17.1. The highest BCUT2D eigenvalue weighted by Gasteiger charge is 2.25. The molecule has 0 saturated carbocycles. The summed E-state index contributed by atoms with van der Waals surface area (Å²) in [5.41, 5.74) is 3.45. The third-order valence-corrected chi connectivity index (χ3v) is 7.38. The number of hydrogen-bond donors (Lipinski definition) is 1. The molecular weight excluding hydrogens is 360 g/mol. The number of hydrogen-bond acceptors (Lipinski definition) is 4. The van der Waals surface area contributed by atoms with Crippen LogP contribution in [0.4, 0.5) is 0 Å². The van der Waals surface area contributed by atoms with Crippen LogP contribution in [0.15, 0.2) is 24.4 Å². The molecule has 1 saturated heterocycles. The van der Waals surface area contributed by atoms with Crippen molar-refractivity contribution in [2.45, 2.75) is 52.0 Å². The van der Waals surface area contributed by atoms with Gasteiger partial charge in [0.1, 0.15) is 15.6 Å². The first kappa shape index (κ1) is 20.1. The van der Waals surface area contributed by atoms with E-state index in [0.29, 0.717) is 18.9 Å². The first-order chi connectivity index (χ1) is 12.9. The molecule has 27 heavy (non-hydrogen) atoms. The van der Waals surface area contributed by atoms with Crippen molar-refractivity contribution in [2.75, 3.05) is 24.6 Å². The van der Waals surface area contributed by atoms with Crippen LogP contribution in [0.3, 0.4) is 0 Å². The monoisotopic (exact) mass is 390 g/mol. The van der Waals surface area contributed by atoms with E-state index >= 15 is 0 Å². The number of Topliss-reactive ketones (excluding diaryl/α,β-unsaturated/α-hetero) is 1. The smallest absolute Gasteiger partial charge is 0.150 e. The average Bonchev–Trinajstić information content (AvgIpc) is 3.25. The van der Waals surface area contributed by atoms with Crippen LogP contribution < -0.4 is 0 Å². The van der Waals surface area contributed by atoms with Crippen molar-refractivity contribution in [3.8, 4) is 0 Å². The number of aryl methyl sites for hydroxylation is 1. The zero-order valence-electron chi connectivity index (χ0n) is 16.3. The first-order valence-corrected chi connectivity index (χ1v) is 11.7. The largest absolute Gasteiger partial charge is 0.361 e. The van der Waals surface area contributed by atoms with Crippen molar-refractivity contribution < 1.29 is 13.2 Å². The second-order valence-electron chi connectivity index (χ2n) is 7.67. The quantitative estimate of drug-likeness (QED) is 0.714. The molecule has 0 spiro atoms. The zero-order valence-corrected chi connectivity index (χ0v) is 17.1. The number of ketones is 1. The van der Waals surface area contributed by atoms with Gasteiger partial charge in [0.2, 0.25) is 0 Å². The van der Waals surface area contributed by atoms with E-state index in [1.807, 2.05) is 6.07 Å². The number of likely N-dealkylation sites (tertiary alicyclic amines) is 1. The van der Waals surface area contributed by atoms with E-state index in [0.717, 1.165) is 30.6 Å². The lowest BCUT2D eigenvalue weighted by atomic mass is 10.0. The van der Waals surface area contributed by atoms with Crippen LogP contribution in [0.2, 0.25) is 0 Å². The lowest BCUT2D eigenvalue weighted by Crippen LogP contribution is -2.32. The van der Waals surface area contributed by atoms with Gasteiger partial charge in [-0.2, -0.15) is 0 Å². The minimum atomic E-state index is -2.95. The standard InChI is InChI=1S/C21H30N2O3S/c1-3-27(25,26)12-9-17-6-7-21-20(13-17)18(15-22-21)14-19-5-4-10-23(19)11-8-16(2)24/h6-7,13,15,19,22H,3-5,8-12,14H2,1-2H3. The van der Waals surface area contributed by atoms with E-state index in [1.165, 1.54) is 23.8 Å². The van der Waals surface area contributed by atoms with E-state index in [9.17, 15) is 13.2 Å². The summed E-state index contributed by atoms with van der Waals surface area (Å²) in [6.45, 7) is 5.27. The maximum Gasteiger partial charge on any atom is 0.150 e. The molecule has 1 aliphatic heterocycles. The fourth-order valence-electron chi connectivity index (χ4n) is 3.94. The number of aromatic amines is 1. The van der Waals surface area contributed by atoms with Crippen LogP contribution in [-0.2, 0) is 27.5 Å². The Labute approximate surface area is 162 Å². The Hall–Kier alpha value is -1.66. The van der Waals surface area contributed by atoms with Crippen molar-refractivity contribution in [3.63, 3.8) is 0 Å². The fourth-order valence-corrected chi connectivity index (χ4v) is 4.78. The SMILES string of the molecule is CCS(=O)(=O)CCc1ccc2[nH]cc(CC3CCCN3CCC(C)=O)c2c1. The number of rotatable bonds is 9.